The van der Waals surface area contributed by atoms with E-state index in [0.29, 0.717) is 17.2 Å². The molecule has 1 amide bonds. The second kappa shape index (κ2) is 11.9. The molecule has 240 valence electrons. The van der Waals surface area contributed by atoms with Gasteiger partial charge in [0.1, 0.15) is 5.71 Å². The molecule has 11 heteroatoms. The molecule has 10 nitrogen and oxygen atoms in total. The molecule has 0 saturated carbocycles. The van der Waals surface area contributed by atoms with E-state index in [0.717, 1.165) is 29.7 Å². The van der Waals surface area contributed by atoms with Crippen molar-refractivity contribution in [3.8, 4) is 0 Å². The van der Waals surface area contributed by atoms with Crippen LogP contribution in [0.25, 0.3) is 10.8 Å². The van der Waals surface area contributed by atoms with Gasteiger partial charge in [-0.05, 0) is 71.2 Å². The highest BCUT2D eigenvalue weighted by Crippen LogP contribution is 2.51. The Labute approximate surface area is 273 Å². The van der Waals surface area contributed by atoms with Crippen LogP contribution >= 0.6 is 0 Å². The molecular weight excluding hydrogens is 614 g/mol. The van der Waals surface area contributed by atoms with Crippen LogP contribution in [0.1, 0.15) is 45.2 Å². The number of hydrogen-bond donors (Lipinski definition) is 1. The van der Waals surface area contributed by atoms with Gasteiger partial charge in [-0.1, -0.05) is 70.2 Å². The van der Waals surface area contributed by atoms with Gasteiger partial charge in [0.2, 0.25) is 10.0 Å². The molecule has 2 aliphatic rings. The Morgan fingerprint density at radius 2 is 1.70 bits per heavy atom. The molecule has 0 aromatic heterocycles. The smallest absolute Gasteiger partial charge is 0.281 e. The van der Waals surface area contributed by atoms with Gasteiger partial charge in [0.05, 0.1) is 21.1 Å². The molecule has 4 aromatic carbocycles. The van der Waals surface area contributed by atoms with Gasteiger partial charge in [0.15, 0.2) is 0 Å². The van der Waals surface area contributed by atoms with Gasteiger partial charge < -0.3 is 4.90 Å². The van der Waals surface area contributed by atoms with Crippen molar-refractivity contribution in [2.24, 2.45) is 16.2 Å². The fourth-order valence-corrected chi connectivity index (χ4v) is 6.84. The first-order valence-electron chi connectivity index (χ1n) is 15.3. The highest BCUT2D eigenvalue weighted by atomic mass is 32.2. The quantitative estimate of drug-likeness (QED) is 0.127. The average molecular weight is 650 g/mol. The largest absolute Gasteiger partial charge is 0.344 e. The van der Waals surface area contributed by atoms with Crippen LogP contribution in [0, 0.1) is 16.0 Å². The number of nitro benzene ring substituents is 1. The monoisotopic (exact) mass is 649 g/mol. The summed E-state index contributed by atoms with van der Waals surface area (Å²) in [5, 5.41) is 25.0. The zero-order chi connectivity index (χ0) is 33.7. The Bertz CT molecular complexity index is 2130. The number of nitro groups is 1. The van der Waals surface area contributed by atoms with E-state index in [1.165, 1.54) is 52.4 Å². The van der Waals surface area contributed by atoms with Crippen LogP contribution in [-0.4, -0.2) is 31.5 Å². The number of anilines is 2. The van der Waals surface area contributed by atoms with Crippen molar-refractivity contribution in [2.45, 2.75) is 44.4 Å². The molecule has 0 bridgehead atoms. The van der Waals surface area contributed by atoms with Crippen molar-refractivity contribution >= 4 is 49.5 Å². The normalized spacial score (nSPS) is 17.7. The number of benzene rings is 4. The number of carbonyl (C=O) groups is 1. The summed E-state index contributed by atoms with van der Waals surface area (Å²) in [5.41, 5.74) is 4.03. The summed E-state index contributed by atoms with van der Waals surface area (Å²) in [5.74, 6) is 0.0136. The molecular formula is C36H35N5O5S. The third-order valence-electron chi connectivity index (χ3n) is 8.71. The minimum absolute atomic E-state index is 0.103. The standard InChI is InChI=1S/C36H35N5O5S/c1-23(2)20-21-39-31-18-12-24-8-5-6-11-29(24)33(31)36(3,4)32(39)19-17-30-34(25-9-7-10-27(22-25)41(43)44)38-40(35(30)42)26-13-15-28(16-14-26)47(37,45)46/h5-19,22-23H,20-21H2,1-4H3,(H2,37,45,46)/b30-17-,32-19+. The van der Waals surface area contributed by atoms with Gasteiger partial charge >= 0.3 is 0 Å². The summed E-state index contributed by atoms with van der Waals surface area (Å²) < 4.78 is 23.7. The molecule has 0 spiro atoms. The number of hydrazone groups is 1. The molecule has 47 heavy (non-hydrogen) atoms. The van der Waals surface area contributed by atoms with Crippen LogP contribution in [0.15, 0.2) is 118 Å². The number of nitrogens with zero attached hydrogens (tertiary/aromatic N) is 4. The number of allylic oxidation sites excluding steroid dienone is 3. The molecule has 0 radical (unpaired) electrons. The molecule has 0 saturated heterocycles. The lowest BCUT2D eigenvalue weighted by molar-refractivity contribution is -0.384. The van der Waals surface area contributed by atoms with Gasteiger partial charge in [0.25, 0.3) is 11.6 Å². The van der Waals surface area contributed by atoms with Gasteiger partial charge in [0, 0.05) is 41.0 Å². The number of non-ortho nitro benzene ring substituents is 1. The van der Waals surface area contributed by atoms with Gasteiger partial charge in [-0.3, -0.25) is 14.9 Å². The Kier molecular flexibility index (Phi) is 8.06. The van der Waals surface area contributed by atoms with Crippen molar-refractivity contribution in [1.82, 2.24) is 0 Å². The number of rotatable bonds is 8. The maximum Gasteiger partial charge on any atom is 0.281 e. The number of hydrogen-bond acceptors (Lipinski definition) is 7. The molecule has 2 aliphatic heterocycles. The Balaban J connectivity index is 1.50. The zero-order valence-corrected chi connectivity index (χ0v) is 27.4. The summed E-state index contributed by atoms with van der Waals surface area (Å²) in [6.07, 6.45) is 4.66. The number of carbonyl (C=O) groups excluding carboxylic acids is 1. The summed E-state index contributed by atoms with van der Waals surface area (Å²) in [6, 6.07) is 24.1. The lowest BCUT2D eigenvalue weighted by Gasteiger charge is -2.27. The molecule has 0 atom stereocenters. The number of fused-ring (bicyclic) bond motifs is 3. The molecule has 2 heterocycles. The minimum Gasteiger partial charge on any atom is -0.344 e. The van der Waals surface area contributed by atoms with Crippen molar-refractivity contribution in [3.05, 3.63) is 130 Å². The van der Waals surface area contributed by atoms with Crippen LogP contribution in [0.3, 0.4) is 0 Å². The van der Waals surface area contributed by atoms with Crippen molar-refractivity contribution in [2.75, 3.05) is 16.5 Å². The fraction of sp³-hybridized carbons (Fsp3) is 0.222. The predicted octanol–water partition coefficient (Wildman–Crippen LogP) is 6.80. The van der Waals surface area contributed by atoms with E-state index < -0.39 is 26.3 Å². The molecule has 0 fully saturated rings. The number of sulfonamides is 1. The minimum atomic E-state index is -3.94. The fourth-order valence-electron chi connectivity index (χ4n) is 6.32. The SMILES string of the molecule is CC(C)CCN1/C(=C/C=C2\C(=O)N(c3ccc(S(N)(=O)=O)cc3)N=C2c2cccc([N+](=O)[O-])c2)C(C)(C)c2c1ccc1ccccc21. The zero-order valence-electron chi connectivity index (χ0n) is 26.5. The number of primary sulfonamides is 1. The van der Waals surface area contributed by atoms with E-state index in [9.17, 15) is 23.3 Å². The molecule has 4 aromatic rings. The second-order valence-electron chi connectivity index (χ2n) is 12.7. The maximum atomic E-state index is 14.1. The van der Waals surface area contributed by atoms with Gasteiger partial charge in [-0.2, -0.15) is 10.1 Å². The summed E-state index contributed by atoms with van der Waals surface area (Å²) >= 11 is 0. The average Bonchev–Trinajstić information content (AvgIpc) is 3.48. The molecule has 0 unspecified atom stereocenters. The van der Waals surface area contributed by atoms with Crippen LogP contribution in [-0.2, 0) is 20.2 Å². The summed E-state index contributed by atoms with van der Waals surface area (Å²) in [4.78, 5) is 27.4. The van der Waals surface area contributed by atoms with Crippen molar-refractivity contribution < 1.29 is 18.1 Å². The second-order valence-corrected chi connectivity index (χ2v) is 14.2. The van der Waals surface area contributed by atoms with Crippen LogP contribution in [0.4, 0.5) is 17.1 Å². The van der Waals surface area contributed by atoms with E-state index in [1.54, 1.807) is 18.2 Å². The van der Waals surface area contributed by atoms with Crippen LogP contribution in [0.2, 0.25) is 0 Å². The highest BCUT2D eigenvalue weighted by molar-refractivity contribution is 7.89. The predicted molar refractivity (Wildman–Crippen MR) is 185 cm³/mol. The van der Waals surface area contributed by atoms with E-state index in [4.69, 9.17) is 5.14 Å². The summed E-state index contributed by atoms with van der Waals surface area (Å²) in [7, 11) is -3.94. The third kappa shape index (κ3) is 5.84. The number of amides is 1. The lowest BCUT2D eigenvalue weighted by atomic mass is 9.81. The van der Waals surface area contributed by atoms with Crippen LogP contribution < -0.4 is 15.0 Å². The molecule has 0 aliphatic carbocycles. The summed E-state index contributed by atoms with van der Waals surface area (Å²) in [6.45, 7) is 9.53. The highest BCUT2D eigenvalue weighted by Gasteiger charge is 2.41. The number of nitrogens with two attached hydrogens (primary N) is 1. The van der Waals surface area contributed by atoms with Crippen molar-refractivity contribution in [1.29, 1.82) is 0 Å². The van der Waals surface area contributed by atoms with Crippen molar-refractivity contribution in [3.63, 3.8) is 0 Å². The Morgan fingerprint density at radius 1 is 0.979 bits per heavy atom. The maximum absolute atomic E-state index is 14.1. The third-order valence-corrected chi connectivity index (χ3v) is 9.64. The van der Waals surface area contributed by atoms with Crippen LogP contribution in [0.5, 0.6) is 0 Å². The Morgan fingerprint density at radius 3 is 2.38 bits per heavy atom. The molecule has 6 rings (SSSR count). The first kappa shape index (κ1) is 31.8. The first-order chi connectivity index (χ1) is 22.3. The van der Waals surface area contributed by atoms with E-state index in [-0.39, 0.29) is 21.9 Å². The van der Waals surface area contributed by atoms with E-state index >= 15 is 0 Å². The molecule has 2 N–H and O–H groups in total. The lowest BCUT2D eigenvalue weighted by Crippen LogP contribution is -2.28. The first-order valence-corrected chi connectivity index (χ1v) is 16.9. The Hall–Kier alpha value is -5.13. The topological polar surface area (TPSA) is 139 Å². The van der Waals surface area contributed by atoms with E-state index in [1.807, 2.05) is 18.2 Å². The van der Waals surface area contributed by atoms with Gasteiger partial charge in [-0.15, -0.1) is 0 Å². The van der Waals surface area contributed by atoms with Gasteiger partial charge in [-0.25, -0.2) is 13.6 Å². The van der Waals surface area contributed by atoms with E-state index in [2.05, 4.69) is 62.0 Å².